The molecule has 0 unspecified atom stereocenters. The summed E-state index contributed by atoms with van der Waals surface area (Å²) in [5.74, 6) is 0.384. The molecule has 1 aliphatic rings. The standard InChI is InChI=1S/C5H11NO3S/c1-10(7,8)9-4-5-2-6-3-5/h5-6H,2-4H2,1H3. The van der Waals surface area contributed by atoms with Gasteiger partial charge in [-0.15, -0.1) is 0 Å². The SMILES string of the molecule is CS(=O)(=O)OCC1CNC1. The van der Waals surface area contributed by atoms with Gasteiger partial charge in [-0.2, -0.15) is 8.42 Å². The van der Waals surface area contributed by atoms with Crippen molar-refractivity contribution < 1.29 is 12.6 Å². The van der Waals surface area contributed by atoms with Crippen LogP contribution < -0.4 is 5.32 Å². The van der Waals surface area contributed by atoms with Crippen molar-refractivity contribution in [3.05, 3.63) is 0 Å². The number of hydrogen-bond donors (Lipinski definition) is 1. The maximum Gasteiger partial charge on any atom is 0.264 e. The van der Waals surface area contributed by atoms with Crippen LogP contribution >= 0.6 is 0 Å². The molecule has 0 aliphatic carbocycles. The van der Waals surface area contributed by atoms with E-state index in [-0.39, 0.29) is 0 Å². The second-order valence-electron chi connectivity index (χ2n) is 2.51. The highest BCUT2D eigenvalue weighted by Gasteiger charge is 2.18. The fraction of sp³-hybridized carbons (Fsp3) is 1.00. The molecule has 0 aromatic rings. The summed E-state index contributed by atoms with van der Waals surface area (Å²) in [6, 6.07) is 0. The highest BCUT2D eigenvalue weighted by molar-refractivity contribution is 7.85. The quantitative estimate of drug-likeness (QED) is 0.555. The molecule has 0 atom stereocenters. The molecule has 10 heavy (non-hydrogen) atoms. The number of rotatable bonds is 3. The summed E-state index contributed by atoms with van der Waals surface area (Å²) in [6.45, 7) is 2.07. The first kappa shape index (κ1) is 7.97. The highest BCUT2D eigenvalue weighted by atomic mass is 32.2. The average Bonchev–Trinajstić information content (AvgIpc) is 1.56. The van der Waals surface area contributed by atoms with Gasteiger partial charge < -0.3 is 5.32 Å². The predicted molar refractivity (Wildman–Crippen MR) is 37.2 cm³/mol. The maximum absolute atomic E-state index is 10.4. The van der Waals surface area contributed by atoms with Crippen molar-refractivity contribution in [3.8, 4) is 0 Å². The van der Waals surface area contributed by atoms with Gasteiger partial charge in [0.2, 0.25) is 0 Å². The molecule has 1 fully saturated rings. The number of nitrogens with one attached hydrogen (secondary N) is 1. The third-order valence-corrected chi connectivity index (χ3v) is 1.95. The number of hydrogen-bond acceptors (Lipinski definition) is 4. The molecule has 0 bridgehead atoms. The zero-order valence-electron chi connectivity index (χ0n) is 5.83. The minimum Gasteiger partial charge on any atom is -0.316 e. The van der Waals surface area contributed by atoms with Crippen LogP contribution in [-0.2, 0) is 14.3 Å². The first-order chi connectivity index (χ1) is 4.58. The third-order valence-electron chi connectivity index (χ3n) is 1.38. The monoisotopic (exact) mass is 165 g/mol. The Morgan fingerprint density at radius 3 is 2.50 bits per heavy atom. The topological polar surface area (TPSA) is 55.4 Å². The smallest absolute Gasteiger partial charge is 0.264 e. The van der Waals surface area contributed by atoms with E-state index in [1.54, 1.807) is 0 Å². The van der Waals surface area contributed by atoms with Gasteiger partial charge in [0, 0.05) is 19.0 Å². The minimum atomic E-state index is -3.22. The first-order valence-electron chi connectivity index (χ1n) is 3.13. The molecule has 1 rings (SSSR count). The molecule has 1 saturated heterocycles. The Balaban J connectivity index is 2.16. The van der Waals surface area contributed by atoms with Crippen LogP contribution in [0.1, 0.15) is 0 Å². The molecule has 0 aromatic heterocycles. The largest absolute Gasteiger partial charge is 0.316 e. The summed E-state index contributed by atoms with van der Waals surface area (Å²) in [7, 11) is -3.22. The lowest BCUT2D eigenvalue weighted by Crippen LogP contribution is -2.44. The molecule has 0 spiro atoms. The Morgan fingerprint density at radius 2 is 2.20 bits per heavy atom. The average molecular weight is 165 g/mol. The van der Waals surface area contributed by atoms with Crippen molar-refractivity contribution in [1.29, 1.82) is 0 Å². The highest BCUT2D eigenvalue weighted by Crippen LogP contribution is 2.04. The molecular formula is C5H11NO3S. The molecule has 1 heterocycles. The molecule has 0 saturated carbocycles. The van der Waals surface area contributed by atoms with Crippen LogP contribution in [0.3, 0.4) is 0 Å². The summed E-state index contributed by atoms with van der Waals surface area (Å²) in [6.07, 6.45) is 1.07. The van der Waals surface area contributed by atoms with Gasteiger partial charge >= 0.3 is 0 Å². The van der Waals surface area contributed by atoms with Crippen molar-refractivity contribution >= 4 is 10.1 Å². The molecule has 0 radical (unpaired) electrons. The van der Waals surface area contributed by atoms with Gasteiger partial charge in [-0.3, -0.25) is 4.18 Å². The van der Waals surface area contributed by atoms with E-state index in [1.807, 2.05) is 0 Å². The zero-order chi connectivity index (χ0) is 7.61. The van der Waals surface area contributed by atoms with Crippen molar-refractivity contribution in [2.75, 3.05) is 26.0 Å². The van der Waals surface area contributed by atoms with Gasteiger partial charge in [-0.1, -0.05) is 0 Å². The summed E-state index contributed by atoms with van der Waals surface area (Å²) in [5.41, 5.74) is 0. The van der Waals surface area contributed by atoms with Crippen LogP contribution in [0.15, 0.2) is 0 Å². The van der Waals surface area contributed by atoms with E-state index in [0.717, 1.165) is 19.3 Å². The van der Waals surface area contributed by atoms with Crippen molar-refractivity contribution in [2.24, 2.45) is 5.92 Å². The molecule has 0 amide bonds. The van der Waals surface area contributed by atoms with E-state index in [0.29, 0.717) is 12.5 Å². The molecular weight excluding hydrogens is 154 g/mol. The Morgan fingerprint density at radius 1 is 1.60 bits per heavy atom. The van der Waals surface area contributed by atoms with Crippen molar-refractivity contribution in [2.45, 2.75) is 0 Å². The van der Waals surface area contributed by atoms with E-state index in [9.17, 15) is 8.42 Å². The zero-order valence-corrected chi connectivity index (χ0v) is 6.65. The summed E-state index contributed by atoms with van der Waals surface area (Å²) >= 11 is 0. The fourth-order valence-corrected chi connectivity index (χ4v) is 1.13. The first-order valence-corrected chi connectivity index (χ1v) is 4.95. The molecule has 1 N–H and O–H groups in total. The van der Waals surface area contributed by atoms with Crippen molar-refractivity contribution in [1.82, 2.24) is 5.32 Å². The minimum absolute atomic E-state index is 0.325. The normalized spacial score (nSPS) is 20.5. The van der Waals surface area contributed by atoms with E-state index < -0.39 is 10.1 Å². The van der Waals surface area contributed by atoms with Crippen LogP contribution in [-0.4, -0.2) is 34.4 Å². The van der Waals surface area contributed by atoms with Crippen LogP contribution in [0.25, 0.3) is 0 Å². The lowest BCUT2D eigenvalue weighted by molar-refractivity contribution is 0.205. The van der Waals surface area contributed by atoms with Crippen molar-refractivity contribution in [3.63, 3.8) is 0 Å². The van der Waals surface area contributed by atoms with Gasteiger partial charge in [0.05, 0.1) is 12.9 Å². The molecule has 5 heteroatoms. The molecule has 4 nitrogen and oxygen atoms in total. The molecule has 60 valence electrons. The summed E-state index contributed by atoms with van der Waals surface area (Å²) in [5, 5.41) is 3.02. The van der Waals surface area contributed by atoms with Crippen LogP contribution in [0.4, 0.5) is 0 Å². The van der Waals surface area contributed by atoms with Gasteiger partial charge in [-0.25, -0.2) is 0 Å². The van der Waals surface area contributed by atoms with E-state index >= 15 is 0 Å². The van der Waals surface area contributed by atoms with Crippen LogP contribution in [0.2, 0.25) is 0 Å². The van der Waals surface area contributed by atoms with Crippen LogP contribution in [0.5, 0.6) is 0 Å². The van der Waals surface area contributed by atoms with E-state index in [4.69, 9.17) is 0 Å². The fourth-order valence-electron chi connectivity index (χ4n) is 0.686. The van der Waals surface area contributed by atoms with Gasteiger partial charge in [0.1, 0.15) is 0 Å². The Hall–Kier alpha value is -0.130. The van der Waals surface area contributed by atoms with Gasteiger partial charge in [0.25, 0.3) is 10.1 Å². The second kappa shape index (κ2) is 2.86. The lowest BCUT2D eigenvalue weighted by atomic mass is 10.1. The van der Waals surface area contributed by atoms with Gasteiger partial charge in [-0.05, 0) is 0 Å². The predicted octanol–water partition coefficient (Wildman–Crippen LogP) is -0.818. The molecule has 1 aliphatic heterocycles. The molecule has 0 aromatic carbocycles. The van der Waals surface area contributed by atoms with Crippen LogP contribution in [0, 0.1) is 5.92 Å². The second-order valence-corrected chi connectivity index (χ2v) is 4.16. The Bertz CT molecular complexity index is 195. The maximum atomic E-state index is 10.4. The Kier molecular flexibility index (Phi) is 2.28. The van der Waals surface area contributed by atoms with E-state index in [1.165, 1.54) is 0 Å². The lowest BCUT2D eigenvalue weighted by Gasteiger charge is -2.25. The Labute approximate surface area is 60.7 Å². The third kappa shape index (κ3) is 2.64. The summed E-state index contributed by atoms with van der Waals surface area (Å²) < 4.78 is 25.4. The van der Waals surface area contributed by atoms with Gasteiger partial charge in [0.15, 0.2) is 0 Å². The summed E-state index contributed by atoms with van der Waals surface area (Å²) in [4.78, 5) is 0. The van der Waals surface area contributed by atoms with E-state index in [2.05, 4.69) is 9.50 Å².